The maximum Gasteiger partial charge on any atom is 0.0419 e. The molecule has 1 saturated carbocycles. The summed E-state index contributed by atoms with van der Waals surface area (Å²) in [5.74, 6) is 1.37. The lowest BCUT2D eigenvalue weighted by Gasteiger charge is -2.25. The quantitative estimate of drug-likeness (QED) is 0.654. The molecular weight excluding hydrogens is 242 g/mol. The Hall–Kier alpha value is -1.76. The molecule has 4 rings (SSSR count). The Morgan fingerprint density at radius 2 is 1.15 bits per heavy atom. The number of hydrogen-bond acceptors (Lipinski definition) is 1. The van der Waals surface area contributed by atoms with E-state index in [-0.39, 0.29) is 0 Å². The second-order valence-corrected chi connectivity index (χ2v) is 6.15. The Morgan fingerprint density at radius 1 is 0.650 bits per heavy atom. The van der Waals surface area contributed by atoms with Gasteiger partial charge in [-0.2, -0.15) is 0 Å². The number of hydrogen-bond donors (Lipinski definition) is 1. The van der Waals surface area contributed by atoms with Gasteiger partial charge < -0.3 is 5.32 Å². The zero-order chi connectivity index (χ0) is 13.4. The van der Waals surface area contributed by atoms with E-state index in [0.717, 1.165) is 0 Å². The van der Waals surface area contributed by atoms with Gasteiger partial charge in [0.15, 0.2) is 0 Å². The summed E-state index contributed by atoms with van der Waals surface area (Å²) in [6.07, 6.45) is 6.80. The summed E-state index contributed by atoms with van der Waals surface area (Å²) in [5.41, 5.74) is 5.68. The average molecular weight is 263 g/mol. The molecule has 2 aromatic rings. The van der Waals surface area contributed by atoms with Crippen molar-refractivity contribution in [3.8, 4) is 0 Å². The van der Waals surface area contributed by atoms with Gasteiger partial charge in [0, 0.05) is 11.4 Å². The standard InChI is InChI=1S/C19H21N/c1-2-8-14-15(9-3-1)17-11-5-7-13-19(17)20-18-12-6-4-10-16(14)18/h4-7,10-15,20H,1-3,8-9H2. The molecular formula is C19H21N. The highest BCUT2D eigenvalue weighted by molar-refractivity contribution is 5.70. The van der Waals surface area contributed by atoms with E-state index in [4.69, 9.17) is 0 Å². The predicted octanol–water partition coefficient (Wildman–Crippen LogP) is 5.58. The van der Waals surface area contributed by atoms with Gasteiger partial charge in [0.25, 0.3) is 0 Å². The van der Waals surface area contributed by atoms with Crippen LogP contribution in [0, 0.1) is 0 Å². The van der Waals surface area contributed by atoms with Crippen molar-refractivity contribution in [1.29, 1.82) is 0 Å². The number of anilines is 2. The van der Waals surface area contributed by atoms with E-state index >= 15 is 0 Å². The molecule has 1 aliphatic heterocycles. The average Bonchev–Trinajstić information content (AvgIpc) is 2.79. The first kappa shape index (κ1) is 12.0. The van der Waals surface area contributed by atoms with E-state index in [1.165, 1.54) is 54.6 Å². The van der Waals surface area contributed by atoms with E-state index in [1.807, 2.05) is 0 Å². The number of benzene rings is 2. The SMILES string of the molecule is c1ccc2c(c1)Nc1ccccc1C1CCCCCC21. The van der Waals surface area contributed by atoms with Gasteiger partial charge in [-0.25, -0.2) is 0 Å². The Morgan fingerprint density at radius 3 is 1.70 bits per heavy atom. The maximum atomic E-state index is 3.68. The molecule has 0 spiro atoms. The molecule has 1 heteroatoms. The molecule has 0 aromatic heterocycles. The van der Waals surface area contributed by atoms with Crippen molar-refractivity contribution in [3.05, 3.63) is 59.7 Å². The Kier molecular flexibility index (Phi) is 2.99. The van der Waals surface area contributed by atoms with Crippen molar-refractivity contribution in [1.82, 2.24) is 0 Å². The Labute approximate surface area is 121 Å². The molecule has 1 fully saturated rings. The summed E-state index contributed by atoms with van der Waals surface area (Å²) in [4.78, 5) is 0. The summed E-state index contributed by atoms with van der Waals surface area (Å²) in [6, 6.07) is 17.8. The summed E-state index contributed by atoms with van der Waals surface area (Å²) in [7, 11) is 0. The fourth-order valence-electron chi connectivity index (χ4n) is 4.07. The molecule has 102 valence electrons. The lowest BCUT2D eigenvalue weighted by molar-refractivity contribution is 0.515. The van der Waals surface area contributed by atoms with E-state index < -0.39 is 0 Å². The predicted molar refractivity (Wildman–Crippen MR) is 84.7 cm³/mol. The van der Waals surface area contributed by atoms with Gasteiger partial charge in [0.1, 0.15) is 0 Å². The smallest absolute Gasteiger partial charge is 0.0419 e. The van der Waals surface area contributed by atoms with Crippen molar-refractivity contribution in [3.63, 3.8) is 0 Å². The number of nitrogens with one attached hydrogen (secondary N) is 1. The van der Waals surface area contributed by atoms with E-state index in [9.17, 15) is 0 Å². The highest BCUT2D eigenvalue weighted by atomic mass is 14.9. The minimum Gasteiger partial charge on any atom is -0.355 e. The molecule has 0 bridgehead atoms. The van der Waals surface area contributed by atoms with Crippen LogP contribution in [0.2, 0.25) is 0 Å². The lowest BCUT2D eigenvalue weighted by atomic mass is 9.78. The van der Waals surface area contributed by atoms with Crippen LogP contribution in [0.5, 0.6) is 0 Å². The molecule has 2 unspecified atom stereocenters. The van der Waals surface area contributed by atoms with Gasteiger partial charge in [-0.1, -0.05) is 55.7 Å². The number of fused-ring (bicyclic) bond motifs is 5. The van der Waals surface area contributed by atoms with Gasteiger partial charge in [-0.05, 0) is 47.9 Å². The lowest BCUT2D eigenvalue weighted by Crippen LogP contribution is -2.09. The van der Waals surface area contributed by atoms with Crippen LogP contribution in [-0.4, -0.2) is 0 Å². The molecule has 2 atom stereocenters. The number of rotatable bonds is 0. The van der Waals surface area contributed by atoms with Crippen LogP contribution in [0.25, 0.3) is 0 Å². The zero-order valence-corrected chi connectivity index (χ0v) is 11.8. The van der Waals surface area contributed by atoms with Crippen LogP contribution in [0.3, 0.4) is 0 Å². The Balaban J connectivity index is 1.91. The summed E-state index contributed by atoms with van der Waals surface area (Å²) < 4.78 is 0. The van der Waals surface area contributed by atoms with Crippen LogP contribution < -0.4 is 5.32 Å². The third kappa shape index (κ3) is 1.93. The topological polar surface area (TPSA) is 12.0 Å². The molecule has 1 nitrogen and oxygen atoms in total. The largest absolute Gasteiger partial charge is 0.355 e. The molecule has 1 heterocycles. The molecule has 1 N–H and O–H groups in total. The monoisotopic (exact) mass is 263 g/mol. The Bertz CT molecular complexity index is 563. The third-order valence-electron chi connectivity index (χ3n) is 5.01. The summed E-state index contributed by atoms with van der Waals surface area (Å²) >= 11 is 0. The molecule has 0 radical (unpaired) electrons. The number of para-hydroxylation sites is 2. The van der Waals surface area contributed by atoms with Crippen molar-refractivity contribution in [2.75, 3.05) is 5.32 Å². The van der Waals surface area contributed by atoms with Gasteiger partial charge in [-0.15, -0.1) is 0 Å². The van der Waals surface area contributed by atoms with Crippen LogP contribution in [0.15, 0.2) is 48.5 Å². The molecule has 1 aliphatic carbocycles. The second kappa shape index (κ2) is 4.97. The van der Waals surface area contributed by atoms with Crippen molar-refractivity contribution < 1.29 is 0 Å². The molecule has 0 amide bonds. The third-order valence-corrected chi connectivity index (χ3v) is 5.01. The van der Waals surface area contributed by atoms with E-state index in [2.05, 4.69) is 53.8 Å². The molecule has 0 saturated heterocycles. The van der Waals surface area contributed by atoms with Crippen LogP contribution in [0.1, 0.15) is 55.1 Å². The van der Waals surface area contributed by atoms with Gasteiger partial charge >= 0.3 is 0 Å². The maximum absolute atomic E-state index is 3.68. The van der Waals surface area contributed by atoms with E-state index in [1.54, 1.807) is 0 Å². The van der Waals surface area contributed by atoms with Gasteiger partial charge in [0.05, 0.1) is 0 Å². The first-order chi connectivity index (χ1) is 9.93. The van der Waals surface area contributed by atoms with Crippen molar-refractivity contribution in [2.24, 2.45) is 0 Å². The summed E-state index contributed by atoms with van der Waals surface area (Å²) in [6.45, 7) is 0. The molecule has 2 aliphatic rings. The molecule has 20 heavy (non-hydrogen) atoms. The van der Waals surface area contributed by atoms with Crippen molar-refractivity contribution >= 4 is 11.4 Å². The van der Waals surface area contributed by atoms with Crippen molar-refractivity contribution in [2.45, 2.75) is 43.9 Å². The zero-order valence-electron chi connectivity index (χ0n) is 11.8. The minimum absolute atomic E-state index is 0.685. The highest BCUT2D eigenvalue weighted by Gasteiger charge is 2.31. The minimum atomic E-state index is 0.685. The highest BCUT2D eigenvalue weighted by Crippen LogP contribution is 2.49. The first-order valence-electron chi connectivity index (χ1n) is 7.88. The van der Waals surface area contributed by atoms with Crippen LogP contribution >= 0.6 is 0 Å². The van der Waals surface area contributed by atoms with Gasteiger partial charge in [-0.3, -0.25) is 0 Å². The first-order valence-corrected chi connectivity index (χ1v) is 7.88. The summed E-state index contributed by atoms with van der Waals surface area (Å²) in [5, 5.41) is 3.68. The fraction of sp³-hybridized carbons (Fsp3) is 0.368. The van der Waals surface area contributed by atoms with Crippen LogP contribution in [-0.2, 0) is 0 Å². The van der Waals surface area contributed by atoms with Gasteiger partial charge in [0.2, 0.25) is 0 Å². The molecule has 2 aromatic carbocycles. The van der Waals surface area contributed by atoms with E-state index in [0.29, 0.717) is 11.8 Å². The fourth-order valence-corrected chi connectivity index (χ4v) is 4.07. The second-order valence-electron chi connectivity index (χ2n) is 6.15. The normalized spacial score (nSPS) is 24.4. The van der Waals surface area contributed by atoms with Crippen LogP contribution in [0.4, 0.5) is 11.4 Å².